The summed E-state index contributed by atoms with van der Waals surface area (Å²) in [6.07, 6.45) is 3.26. The molecule has 0 radical (unpaired) electrons. The fourth-order valence-electron chi connectivity index (χ4n) is 2.88. The van der Waals surface area contributed by atoms with Crippen LogP contribution in [0.25, 0.3) is 0 Å². The van der Waals surface area contributed by atoms with E-state index in [1.165, 1.54) is 36.4 Å². The fourth-order valence-corrected chi connectivity index (χ4v) is 2.88. The summed E-state index contributed by atoms with van der Waals surface area (Å²) in [5, 5.41) is 13.5. The maximum atomic E-state index is 12.1. The lowest BCUT2D eigenvalue weighted by Gasteiger charge is -2.11. The zero-order valence-electron chi connectivity index (χ0n) is 13.8. The number of aryl methyl sites for hydroxylation is 2. The van der Waals surface area contributed by atoms with Gasteiger partial charge in [-0.2, -0.15) is 0 Å². The van der Waals surface area contributed by atoms with Gasteiger partial charge in [0, 0.05) is 12.1 Å². The smallest absolute Gasteiger partial charge is 0.271 e. The molecule has 2 aromatic rings. The van der Waals surface area contributed by atoms with Crippen molar-refractivity contribution in [3.8, 4) is 11.5 Å². The van der Waals surface area contributed by atoms with E-state index in [1.807, 2.05) is 18.2 Å². The second-order valence-electron chi connectivity index (χ2n) is 5.76. The van der Waals surface area contributed by atoms with Crippen molar-refractivity contribution in [2.45, 2.75) is 19.3 Å². The van der Waals surface area contributed by atoms with Crippen molar-refractivity contribution in [2.75, 3.05) is 19.0 Å². The summed E-state index contributed by atoms with van der Waals surface area (Å²) in [5.74, 6) is 0.567. The zero-order chi connectivity index (χ0) is 17.8. The molecule has 0 fully saturated rings. The molecule has 1 aliphatic rings. The van der Waals surface area contributed by atoms with Crippen LogP contribution in [-0.4, -0.2) is 24.5 Å². The average Bonchev–Trinajstić information content (AvgIpc) is 3.07. The topological polar surface area (TPSA) is 90.7 Å². The second kappa shape index (κ2) is 7.21. The summed E-state index contributed by atoms with van der Waals surface area (Å²) >= 11 is 0. The molecule has 7 heteroatoms. The van der Waals surface area contributed by atoms with Crippen LogP contribution < -0.4 is 14.8 Å². The Balaban J connectivity index is 1.64. The van der Waals surface area contributed by atoms with Crippen LogP contribution in [0.3, 0.4) is 0 Å². The molecule has 0 saturated carbocycles. The third-order valence-electron chi connectivity index (χ3n) is 4.11. The highest BCUT2D eigenvalue weighted by Gasteiger charge is 2.15. The third kappa shape index (κ3) is 3.88. The number of carbonyl (C=O) groups excluding carboxylic acids is 1. The predicted octanol–water partition coefficient (Wildman–Crippen LogP) is 3.11. The monoisotopic (exact) mass is 342 g/mol. The van der Waals surface area contributed by atoms with Crippen molar-refractivity contribution in [3.05, 3.63) is 57.6 Å². The Morgan fingerprint density at radius 1 is 1.20 bits per heavy atom. The molecular formula is C18H18N2O5. The van der Waals surface area contributed by atoms with Gasteiger partial charge in [0.05, 0.1) is 17.7 Å². The van der Waals surface area contributed by atoms with Crippen molar-refractivity contribution < 1.29 is 19.2 Å². The number of nitro groups is 1. The number of carbonyl (C=O) groups is 1. The van der Waals surface area contributed by atoms with Crippen LogP contribution in [0.15, 0.2) is 36.4 Å². The van der Waals surface area contributed by atoms with Crippen LogP contribution in [-0.2, 0) is 17.6 Å². The standard InChI is InChI=1S/C18H18N2O5/c1-24-17-8-6-14(20(22)23)10-16(17)19-18(21)11-25-15-7-5-12-3-2-4-13(12)9-15/h5-10H,2-4,11H2,1H3,(H,19,21). The molecule has 7 nitrogen and oxygen atoms in total. The lowest BCUT2D eigenvalue weighted by Crippen LogP contribution is -2.20. The Kier molecular flexibility index (Phi) is 4.83. The SMILES string of the molecule is COc1ccc([N+](=O)[O-])cc1NC(=O)COc1ccc2c(c1)CCC2. The number of methoxy groups -OCH3 is 1. The number of fused-ring (bicyclic) bond motifs is 1. The van der Waals surface area contributed by atoms with E-state index in [0.717, 1.165) is 19.3 Å². The van der Waals surface area contributed by atoms with Crippen LogP contribution in [0.2, 0.25) is 0 Å². The predicted molar refractivity (Wildman–Crippen MR) is 92.2 cm³/mol. The zero-order valence-corrected chi connectivity index (χ0v) is 13.8. The lowest BCUT2D eigenvalue weighted by atomic mass is 10.1. The summed E-state index contributed by atoms with van der Waals surface area (Å²) in [6, 6.07) is 9.85. The van der Waals surface area contributed by atoms with Gasteiger partial charge in [0.1, 0.15) is 11.5 Å². The molecule has 1 amide bonds. The molecule has 0 unspecified atom stereocenters. The van der Waals surface area contributed by atoms with Crippen molar-refractivity contribution in [2.24, 2.45) is 0 Å². The van der Waals surface area contributed by atoms with Gasteiger partial charge in [0.15, 0.2) is 6.61 Å². The molecule has 3 rings (SSSR count). The van der Waals surface area contributed by atoms with E-state index >= 15 is 0 Å². The number of benzene rings is 2. The lowest BCUT2D eigenvalue weighted by molar-refractivity contribution is -0.384. The quantitative estimate of drug-likeness (QED) is 0.643. The second-order valence-corrected chi connectivity index (χ2v) is 5.76. The Morgan fingerprint density at radius 3 is 2.76 bits per heavy atom. The van der Waals surface area contributed by atoms with Gasteiger partial charge >= 0.3 is 0 Å². The van der Waals surface area contributed by atoms with E-state index in [9.17, 15) is 14.9 Å². The van der Waals surface area contributed by atoms with Gasteiger partial charge in [0.2, 0.25) is 0 Å². The highest BCUT2D eigenvalue weighted by molar-refractivity contribution is 5.93. The van der Waals surface area contributed by atoms with Crippen molar-refractivity contribution in [1.82, 2.24) is 0 Å². The first-order valence-electron chi connectivity index (χ1n) is 7.93. The van der Waals surface area contributed by atoms with Gasteiger partial charge in [-0.1, -0.05) is 6.07 Å². The average molecular weight is 342 g/mol. The Morgan fingerprint density at radius 2 is 2.00 bits per heavy atom. The number of rotatable bonds is 6. The molecule has 0 bridgehead atoms. The molecule has 0 aliphatic heterocycles. The van der Waals surface area contributed by atoms with Crippen molar-refractivity contribution in [3.63, 3.8) is 0 Å². The van der Waals surface area contributed by atoms with Crippen molar-refractivity contribution >= 4 is 17.3 Å². The van der Waals surface area contributed by atoms with Crippen LogP contribution >= 0.6 is 0 Å². The first-order valence-corrected chi connectivity index (χ1v) is 7.93. The number of nitrogens with one attached hydrogen (secondary N) is 1. The molecule has 0 aromatic heterocycles. The number of ether oxygens (including phenoxy) is 2. The van der Waals surface area contributed by atoms with Gasteiger partial charge < -0.3 is 14.8 Å². The van der Waals surface area contributed by atoms with Crippen LogP contribution in [0.5, 0.6) is 11.5 Å². The molecular weight excluding hydrogens is 324 g/mol. The van der Waals surface area contributed by atoms with E-state index in [4.69, 9.17) is 9.47 Å². The molecule has 25 heavy (non-hydrogen) atoms. The number of nitro benzene ring substituents is 1. The molecule has 0 heterocycles. The third-order valence-corrected chi connectivity index (χ3v) is 4.11. The molecule has 2 aromatic carbocycles. The fraction of sp³-hybridized carbons (Fsp3) is 0.278. The number of hydrogen-bond donors (Lipinski definition) is 1. The van der Waals surface area contributed by atoms with Crippen LogP contribution in [0, 0.1) is 10.1 Å². The summed E-state index contributed by atoms with van der Waals surface area (Å²) in [6.45, 7) is -0.190. The van der Waals surface area contributed by atoms with Gasteiger partial charge in [0.25, 0.3) is 11.6 Å². The highest BCUT2D eigenvalue weighted by atomic mass is 16.6. The molecule has 0 saturated heterocycles. The minimum absolute atomic E-state index is 0.129. The van der Waals surface area contributed by atoms with Crippen LogP contribution in [0.4, 0.5) is 11.4 Å². The van der Waals surface area contributed by atoms with Gasteiger partial charge in [-0.3, -0.25) is 14.9 Å². The number of hydrogen-bond acceptors (Lipinski definition) is 5. The number of anilines is 1. The number of non-ortho nitro benzene ring substituents is 1. The Bertz CT molecular complexity index is 819. The normalized spacial score (nSPS) is 12.4. The van der Waals surface area contributed by atoms with E-state index in [-0.39, 0.29) is 18.0 Å². The first kappa shape index (κ1) is 16.8. The van der Waals surface area contributed by atoms with E-state index in [2.05, 4.69) is 5.32 Å². The molecule has 0 atom stereocenters. The Hall–Kier alpha value is -3.09. The van der Waals surface area contributed by atoms with E-state index in [0.29, 0.717) is 11.5 Å². The minimum Gasteiger partial charge on any atom is -0.495 e. The van der Waals surface area contributed by atoms with Crippen molar-refractivity contribution in [1.29, 1.82) is 0 Å². The molecule has 130 valence electrons. The highest BCUT2D eigenvalue weighted by Crippen LogP contribution is 2.29. The number of amides is 1. The first-order chi connectivity index (χ1) is 12.1. The summed E-state index contributed by atoms with van der Waals surface area (Å²) < 4.78 is 10.6. The van der Waals surface area contributed by atoms with Gasteiger partial charge in [-0.25, -0.2) is 0 Å². The van der Waals surface area contributed by atoms with E-state index in [1.54, 1.807) is 0 Å². The molecule has 0 spiro atoms. The van der Waals surface area contributed by atoms with Gasteiger partial charge in [-0.05, 0) is 48.6 Å². The summed E-state index contributed by atoms with van der Waals surface area (Å²) in [5.41, 5.74) is 2.70. The van der Waals surface area contributed by atoms with E-state index < -0.39 is 10.8 Å². The summed E-state index contributed by atoms with van der Waals surface area (Å²) in [7, 11) is 1.43. The maximum absolute atomic E-state index is 12.1. The largest absolute Gasteiger partial charge is 0.495 e. The number of nitrogens with zero attached hydrogens (tertiary/aromatic N) is 1. The minimum atomic E-state index is -0.532. The van der Waals surface area contributed by atoms with Gasteiger partial charge in [-0.15, -0.1) is 0 Å². The maximum Gasteiger partial charge on any atom is 0.271 e. The molecule has 1 N–H and O–H groups in total. The molecule has 1 aliphatic carbocycles. The van der Waals surface area contributed by atoms with Crippen LogP contribution in [0.1, 0.15) is 17.5 Å². The summed E-state index contributed by atoms with van der Waals surface area (Å²) in [4.78, 5) is 22.4. The Labute approximate surface area is 144 Å².